The number of hydrogen-bond donors (Lipinski definition) is 0. The van der Waals surface area contributed by atoms with Crippen LogP contribution in [0.4, 0.5) is 0 Å². The van der Waals surface area contributed by atoms with Crippen molar-refractivity contribution in [2.75, 3.05) is 26.3 Å². The van der Waals surface area contributed by atoms with E-state index in [1.165, 1.54) is 0 Å². The Morgan fingerprint density at radius 1 is 1.42 bits per heavy atom. The fraction of sp³-hybridized carbons (Fsp3) is 0.667. The van der Waals surface area contributed by atoms with Gasteiger partial charge in [-0.1, -0.05) is 6.08 Å². The summed E-state index contributed by atoms with van der Waals surface area (Å²) in [4.78, 5) is 13.4. The molecule has 1 aliphatic rings. The summed E-state index contributed by atoms with van der Waals surface area (Å²) in [5, 5.41) is 0. The standard InChI is InChI=1S/C9H15NO2/c1-3-8(2)9(11)10-4-6-12-7-5-10/h3H,4-7H2,1-2H3. The first kappa shape index (κ1) is 9.26. The van der Waals surface area contributed by atoms with Crippen LogP contribution in [0, 0.1) is 0 Å². The lowest BCUT2D eigenvalue weighted by Gasteiger charge is -2.26. The van der Waals surface area contributed by atoms with E-state index in [2.05, 4.69) is 0 Å². The summed E-state index contributed by atoms with van der Waals surface area (Å²) in [6, 6.07) is 0. The Morgan fingerprint density at radius 3 is 2.50 bits per heavy atom. The molecule has 0 spiro atoms. The predicted molar refractivity (Wildman–Crippen MR) is 46.8 cm³/mol. The Hall–Kier alpha value is -0.830. The van der Waals surface area contributed by atoms with E-state index in [-0.39, 0.29) is 5.91 Å². The van der Waals surface area contributed by atoms with Gasteiger partial charge in [0.25, 0.3) is 0 Å². The van der Waals surface area contributed by atoms with E-state index in [0.717, 1.165) is 18.7 Å². The van der Waals surface area contributed by atoms with Gasteiger partial charge in [-0.3, -0.25) is 4.79 Å². The first-order valence-electron chi connectivity index (χ1n) is 4.25. The normalized spacial score (nSPS) is 19.5. The third-order valence-corrected chi connectivity index (χ3v) is 2.07. The highest BCUT2D eigenvalue weighted by Crippen LogP contribution is 2.03. The average Bonchev–Trinajstić information content (AvgIpc) is 2.17. The van der Waals surface area contributed by atoms with Crippen molar-refractivity contribution in [1.82, 2.24) is 4.90 Å². The van der Waals surface area contributed by atoms with Crippen molar-refractivity contribution in [2.24, 2.45) is 0 Å². The lowest BCUT2D eigenvalue weighted by Crippen LogP contribution is -2.41. The van der Waals surface area contributed by atoms with Crippen LogP contribution in [0.15, 0.2) is 11.6 Å². The van der Waals surface area contributed by atoms with Crippen LogP contribution in [0.2, 0.25) is 0 Å². The van der Waals surface area contributed by atoms with Crippen LogP contribution in [0.5, 0.6) is 0 Å². The lowest BCUT2D eigenvalue weighted by atomic mass is 10.2. The van der Waals surface area contributed by atoms with Gasteiger partial charge in [0.05, 0.1) is 13.2 Å². The number of amides is 1. The predicted octanol–water partition coefficient (Wildman–Crippen LogP) is 0.811. The quantitative estimate of drug-likeness (QED) is 0.544. The maximum absolute atomic E-state index is 11.5. The summed E-state index contributed by atoms with van der Waals surface area (Å²) >= 11 is 0. The SMILES string of the molecule is CC=C(C)C(=O)N1CCOCC1. The van der Waals surface area contributed by atoms with Crippen molar-refractivity contribution in [3.05, 3.63) is 11.6 Å². The number of nitrogens with zero attached hydrogens (tertiary/aromatic N) is 1. The van der Waals surface area contributed by atoms with E-state index < -0.39 is 0 Å². The van der Waals surface area contributed by atoms with Crippen LogP contribution in [0.3, 0.4) is 0 Å². The van der Waals surface area contributed by atoms with E-state index in [1.54, 1.807) is 0 Å². The summed E-state index contributed by atoms with van der Waals surface area (Å²) < 4.78 is 5.15. The molecule has 3 nitrogen and oxygen atoms in total. The summed E-state index contributed by atoms with van der Waals surface area (Å²) in [6.45, 7) is 6.52. The van der Waals surface area contributed by atoms with Crippen LogP contribution in [0.25, 0.3) is 0 Å². The highest BCUT2D eigenvalue weighted by atomic mass is 16.5. The van der Waals surface area contributed by atoms with Gasteiger partial charge in [0.2, 0.25) is 5.91 Å². The highest BCUT2D eigenvalue weighted by molar-refractivity contribution is 5.92. The smallest absolute Gasteiger partial charge is 0.249 e. The van der Waals surface area contributed by atoms with Gasteiger partial charge < -0.3 is 9.64 Å². The van der Waals surface area contributed by atoms with Crippen molar-refractivity contribution in [1.29, 1.82) is 0 Å². The molecule has 0 aliphatic carbocycles. The van der Waals surface area contributed by atoms with Crippen molar-refractivity contribution in [2.45, 2.75) is 13.8 Å². The minimum atomic E-state index is 0.140. The molecule has 0 unspecified atom stereocenters. The second kappa shape index (κ2) is 4.26. The molecule has 3 heteroatoms. The first-order valence-corrected chi connectivity index (χ1v) is 4.25. The van der Waals surface area contributed by atoms with Crippen LogP contribution in [0.1, 0.15) is 13.8 Å². The molecule has 0 aromatic carbocycles. The van der Waals surface area contributed by atoms with E-state index >= 15 is 0 Å². The number of carbonyl (C=O) groups is 1. The van der Waals surface area contributed by atoms with Gasteiger partial charge in [0, 0.05) is 18.7 Å². The van der Waals surface area contributed by atoms with Crippen LogP contribution < -0.4 is 0 Å². The van der Waals surface area contributed by atoms with Gasteiger partial charge in [-0.2, -0.15) is 0 Å². The number of allylic oxidation sites excluding steroid dienone is 1. The monoisotopic (exact) mass is 169 g/mol. The molecule has 1 rings (SSSR count). The summed E-state index contributed by atoms with van der Waals surface area (Å²) in [5.41, 5.74) is 0.817. The number of ether oxygens (including phenoxy) is 1. The fourth-order valence-electron chi connectivity index (χ4n) is 1.14. The van der Waals surface area contributed by atoms with Gasteiger partial charge in [0.15, 0.2) is 0 Å². The highest BCUT2D eigenvalue weighted by Gasteiger charge is 2.16. The summed E-state index contributed by atoms with van der Waals surface area (Å²) in [6.07, 6.45) is 1.85. The Bertz CT molecular complexity index is 193. The second-order valence-electron chi connectivity index (χ2n) is 2.88. The van der Waals surface area contributed by atoms with Gasteiger partial charge >= 0.3 is 0 Å². The van der Waals surface area contributed by atoms with Crippen LogP contribution in [-0.2, 0) is 9.53 Å². The van der Waals surface area contributed by atoms with Gasteiger partial charge in [-0.15, -0.1) is 0 Å². The topological polar surface area (TPSA) is 29.5 Å². The minimum Gasteiger partial charge on any atom is -0.378 e. The average molecular weight is 169 g/mol. The van der Waals surface area contributed by atoms with Crippen molar-refractivity contribution < 1.29 is 9.53 Å². The summed E-state index contributed by atoms with van der Waals surface area (Å²) in [7, 11) is 0. The molecular formula is C9H15NO2. The number of carbonyl (C=O) groups excluding carboxylic acids is 1. The number of morpholine rings is 1. The van der Waals surface area contributed by atoms with Gasteiger partial charge in [-0.05, 0) is 13.8 Å². The van der Waals surface area contributed by atoms with E-state index in [0.29, 0.717) is 13.2 Å². The molecule has 12 heavy (non-hydrogen) atoms. The van der Waals surface area contributed by atoms with Gasteiger partial charge in [0.1, 0.15) is 0 Å². The van der Waals surface area contributed by atoms with Crippen LogP contribution >= 0.6 is 0 Å². The Morgan fingerprint density at radius 2 is 2.00 bits per heavy atom. The molecule has 0 bridgehead atoms. The fourth-order valence-corrected chi connectivity index (χ4v) is 1.14. The molecule has 0 aromatic rings. The Labute approximate surface area is 73.0 Å². The molecular weight excluding hydrogens is 154 g/mol. The van der Waals surface area contributed by atoms with Crippen molar-refractivity contribution in [3.63, 3.8) is 0 Å². The lowest BCUT2D eigenvalue weighted by molar-refractivity contribution is -0.131. The minimum absolute atomic E-state index is 0.140. The molecule has 0 aromatic heterocycles. The largest absolute Gasteiger partial charge is 0.378 e. The van der Waals surface area contributed by atoms with Gasteiger partial charge in [-0.25, -0.2) is 0 Å². The molecule has 1 saturated heterocycles. The Balaban J connectivity index is 2.51. The van der Waals surface area contributed by atoms with E-state index in [4.69, 9.17) is 4.74 Å². The number of hydrogen-bond acceptors (Lipinski definition) is 2. The molecule has 0 N–H and O–H groups in total. The van der Waals surface area contributed by atoms with E-state index in [1.807, 2.05) is 24.8 Å². The molecule has 0 saturated carbocycles. The molecule has 68 valence electrons. The number of rotatable bonds is 1. The zero-order valence-electron chi connectivity index (χ0n) is 7.67. The third kappa shape index (κ3) is 2.08. The molecule has 1 heterocycles. The zero-order valence-corrected chi connectivity index (χ0v) is 7.67. The van der Waals surface area contributed by atoms with Crippen LogP contribution in [-0.4, -0.2) is 37.1 Å². The maximum atomic E-state index is 11.5. The first-order chi connectivity index (χ1) is 5.75. The second-order valence-corrected chi connectivity index (χ2v) is 2.88. The molecule has 0 radical (unpaired) electrons. The van der Waals surface area contributed by atoms with Crippen molar-refractivity contribution in [3.8, 4) is 0 Å². The molecule has 1 fully saturated rings. The molecule has 1 aliphatic heterocycles. The molecule has 0 atom stereocenters. The zero-order chi connectivity index (χ0) is 8.97. The Kier molecular flexibility index (Phi) is 3.29. The van der Waals surface area contributed by atoms with E-state index in [9.17, 15) is 4.79 Å². The van der Waals surface area contributed by atoms with Crippen molar-refractivity contribution >= 4 is 5.91 Å². The maximum Gasteiger partial charge on any atom is 0.249 e. The summed E-state index contributed by atoms with van der Waals surface area (Å²) in [5.74, 6) is 0.140. The third-order valence-electron chi connectivity index (χ3n) is 2.07. The molecule has 1 amide bonds.